The lowest BCUT2D eigenvalue weighted by Gasteiger charge is -2.21. The van der Waals surface area contributed by atoms with Crippen molar-refractivity contribution in [3.63, 3.8) is 0 Å². The Kier molecular flexibility index (Phi) is 62.4. The summed E-state index contributed by atoms with van der Waals surface area (Å²) in [6, 6.07) is 0. The van der Waals surface area contributed by atoms with Gasteiger partial charge in [0.25, 0.3) is 0 Å². The van der Waals surface area contributed by atoms with Gasteiger partial charge in [-0.1, -0.05) is 310 Å². The zero-order valence-corrected chi connectivity index (χ0v) is 58.5. The van der Waals surface area contributed by atoms with Gasteiger partial charge in [-0.15, -0.1) is 0 Å². The van der Waals surface area contributed by atoms with Gasteiger partial charge in [-0.2, -0.15) is 0 Å². The molecule has 522 valence electrons. The van der Waals surface area contributed by atoms with Crippen LogP contribution >= 0.6 is 15.6 Å². The Bertz CT molecular complexity index is 1690. The summed E-state index contributed by atoms with van der Waals surface area (Å²) in [6.45, 7) is 4.85. The molecule has 0 spiro atoms. The molecule has 0 aliphatic rings. The molecule has 0 rings (SSSR count). The monoisotopic (exact) mass is 1300 g/mol. The number of esters is 4. The van der Waals surface area contributed by atoms with Gasteiger partial charge >= 0.3 is 39.5 Å². The van der Waals surface area contributed by atoms with Crippen LogP contribution in [0.1, 0.15) is 362 Å². The van der Waals surface area contributed by atoms with Crippen LogP contribution in [0.2, 0.25) is 0 Å². The van der Waals surface area contributed by atoms with Crippen LogP contribution in [0.5, 0.6) is 0 Å². The Labute approximate surface area is 537 Å². The van der Waals surface area contributed by atoms with E-state index in [-0.39, 0.29) is 25.7 Å². The maximum absolute atomic E-state index is 13.0. The van der Waals surface area contributed by atoms with Crippen LogP contribution in [0.4, 0.5) is 0 Å². The van der Waals surface area contributed by atoms with E-state index in [1.54, 1.807) is 0 Å². The Morgan fingerprint density at radius 2 is 0.455 bits per heavy atom. The molecule has 0 saturated heterocycles. The summed E-state index contributed by atoms with van der Waals surface area (Å²) in [4.78, 5) is 72.2. The van der Waals surface area contributed by atoms with Crippen molar-refractivity contribution >= 4 is 39.5 Å². The highest BCUT2D eigenvalue weighted by molar-refractivity contribution is 7.47. The van der Waals surface area contributed by atoms with Gasteiger partial charge in [0.15, 0.2) is 12.2 Å². The quantitative estimate of drug-likeness (QED) is 0.0222. The number of aliphatic hydroxyl groups excluding tert-OH is 1. The Morgan fingerprint density at radius 1 is 0.273 bits per heavy atom. The summed E-state index contributed by atoms with van der Waals surface area (Å²) < 4.78 is 68.0. The third-order valence-electron chi connectivity index (χ3n) is 16.1. The van der Waals surface area contributed by atoms with Crippen molar-refractivity contribution in [3.8, 4) is 0 Å². The molecule has 19 heteroatoms. The lowest BCUT2D eigenvalue weighted by atomic mass is 10.0. The molecule has 0 aromatic heterocycles. The number of phosphoric acid groups is 2. The second-order valence-corrected chi connectivity index (χ2v) is 27.8. The number of unbranched alkanes of at least 4 members (excludes halogenated alkanes) is 44. The molecule has 0 fully saturated rings. The molecule has 2 unspecified atom stereocenters. The molecule has 0 aromatic carbocycles. The Balaban J connectivity index is 5.14. The fourth-order valence-corrected chi connectivity index (χ4v) is 12.1. The highest BCUT2D eigenvalue weighted by Gasteiger charge is 2.30. The number of carbonyl (C=O) groups excluding carboxylic acids is 4. The van der Waals surface area contributed by atoms with Gasteiger partial charge < -0.3 is 33.8 Å². The van der Waals surface area contributed by atoms with Gasteiger partial charge in [-0.3, -0.25) is 37.3 Å². The fraction of sp³-hybridized carbons (Fsp3) is 0.942. The number of aliphatic hydroxyl groups is 1. The smallest absolute Gasteiger partial charge is 0.462 e. The molecule has 0 bridgehead atoms. The van der Waals surface area contributed by atoms with E-state index in [1.807, 2.05) is 0 Å². The van der Waals surface area contributed by atoms with Crippen LogP contribution in [0.15, 0.2) is 0 Å². The van der Waals surface area contributed by atoms with E-state index >= 15 is 0 Å². The maximum Gasteiger partial charge on any atom is 0.472 e. The van der Waals surface area contributed by atoms with Crippen molar-refractivity contribution in [1.82, 2.24) is 0 Å². The largest absolute Gasteiger partial charge is 0.472 e. The summed E-state index contributed by atoms with van der Waals surface area (Å²) >= 11 is 0. The molecule has 0 amide bonds. The van der Waals surface area contributed by atoms with E-state index in [4.69, 9.17) is 37.0 Å². The maximum atomic E-state index is 13.0. The molecule has 17 nitrogen and oxygen atoms in total. The summed E-state index contributed by atoms with van der Waals surface area (Å²) in [5.74, 6) is -2.13. The number of hydrogen-bond donors (Lipinski definition) is 3. The molecule has 0 radical (unpaired) electrons. The van der Waals surface area contributed by atoms with Crippen molar-refractivity contribution in [2.45, 2.75) is 380 Å². The minimum Gasteiger partial charge on any atom is -0.462 e. The lowest BCUT2D eigenvalue weighted by Crippen LogP contribution is -2.30. The lowest BCUT2D eigenvalue weighted by molar-refractivity contribution is -0.161. The first-order valence-electron chi connectivity index (χ1n) is 36.3. The van der Waals surface area contributed by atoms with Gasteiger partial charge in [-0.25, -0.2) is 9.13 Å². The SMILES string of the molecule is CCCCCCCCCCCCCCCCCCCC(=O)OC[C@H](COP(=O)(O)OC[C@@H](O)COP(=O)(O)OC[C@@H](COC(=O)CCCCCCCCC)OC(=O)CCCCCCCCC)OC(=O)CCCCCCCCCCCCCCCCCCC. The van der Waals surface area contributed by atoms with Gasteiger partial charge in [0.1, 0.15) is 19.3 Å². The minimum absolute atomic E-state index is 0.104. The van der Waals surface area contributed by atoms with Crippen molar-refractivity contribution in [3.05, 3.63) is 0 Å². The molecule has 0 aromatic rings. The summed E-state index contributed by atoms with van der Waals surface area (Å²) in [7, 11) is -9.88. The number of carbonyl (C=O) groups is 4. The van der Waals surface area contributed by atoms with E-state index in [9.17, 15) is 43.2 Å². The van der Waals surface area contributed by atoms with Crippen molar-refractivity contribution in [1.29, 1.82) is 0 Å². The van der Waals surface area contributed by atoms with E-state index in [0.29, 0.717) is 25.7 Å². The van der Waals surface area contributed by atoms with E-state index < -0.39 is 97.5 Å². The minimum atomic E-state index is -4.95. The molecular weight excluding hydrogens is 1160 g/mol. The fourth-order valence-electron chi connectivity index (χ4n) is 10.5. The van der Waals surface area contributed by atoms with Crippen molar-refractivity contribution in [2.75, 3.05) is 39.6 Å². The van der Waals surface area contributed by atoms with Crippen LogP contribution in [0.3, 0.4) is 0 Å². The third-order valence-corrected chi connectivity index (χ3v) is 18.0. The van der Waals surface area contributed by atoms with E-state index in [0.717, 1.165) is 116 Å². The molecule has 0 aliphatic heterocycles. The molecule has 0 heterocycles. The van der Waals surface area contributed by atoms with Crippen LogP contribution in [0, 0.1) is 0 Å². The third kappa shape index (κ3) is 62.8. The molecule has 3 N–H and O–H groups in total. The van der Waals surface area contributed by atoms with Gasteiger partial charge in [0.05, 0.1) is 26.4 Å². The van der Waals surface area contributed by atoms with Crippen molar-refractivity contribution < 1.29 is 80.2 Å². The average molecular weight is 1300 g/mol. The first-order valence-corrected chi connectivity index (χ1v) is 39.3. The highest BCUT2D eigenvalue weighted by Crippen LogP contribution is 2.45. The first-order chi connectivity index (χ1) is 42.7. The van der Waals surface area contributed by atoms with Gasteiger partial charge in [0.2, 0.25) is 0 Å². The Hall–Kier alpha value is -1.94. The van der Waals surface area contributed by atoms with Gasteiger partial charge in [-0.05, 0) is 25.7 Å². The summed E-state index contributed by atoms with van der Waals surface area (Å²) in [6.07, 6.45) is 51.7. The zero-order valence-electron chi connectivity index (χ0n) is 56.7. The molecular formula is C69H134O17P2. The number of hydrogen-bond acceptors (Lipinski definition) is 15. The summed E-state index contributed by atoms with van der Waals surface area (Å²) in [5, 5.41) is 10.5. The summed E-state index contributed by atoms with van der Waals surface area (Å²) in [5.41, 5.74) is 0. The predicted octanol–water partition coefficient (Wildman–Crippen LogP) is 19.9. The van der Waals surface area contributed by atoms with Crippen LogP contribution < -0.4 is 0 Å². The normalized spacial score (nSPS) is 14.0. The van der Waals surface area contributed by atoms with Gasteiger partial charge in [0, 0.05) is 25.7 Å². The second kappa shape index (κ2) is 63.8. The molecule has 88 heavy (non-hydrogen) atoms. The predicted molar refractivity (Wildman–Crippen MR) is 354 cm³/mol. The standard InChI is InChI=1S/C69H134O17P2/c1-5-9-13-17-21-23-25-27-29-31-33-35-37-39-43-46-50-54-67(72)80-60-65(86-69(74)56-52-48-44-40-38-36-34-32-30-28-26-24-22-18-14-10-6-2)62-84-88(77,78)82-58-63(70)57-81-87(75,76)83-61-64(85-68(73)55-51-47-42-20-16-12-8-4)59-79-66(71)53-49-45-41-19-15-11-7-3/h63-65,70H,5-62H2,1-4H3,(H,75,76)(H,77,78)/t63-,64+,65+/m0/s1. The number of ether oxygens (including phenoxy) is 4. The topological polar surface area (TPSA) is 237 Å². The Morgan fingerprint density at radius 3 is 0.670 bits per heavy atom. The van der Waals surface area contributed by atoms with Crippen LogP contribution in [0.25, 0.3) is 0 Å². The van der Waals surface area contributed by atoms with E-state index in [2.05, 4.69) is 27.7 Å². The zero-order chi connectivity index (χ0) is 64.7. The second-order valence-electron chi connectivity index (χ2n) is 24.9. The van der Waals surface area contributed by atoms with Crippen molar-refractivity contribution in [2.24, 2.45) is 0 Å². The highest BCUT2D eigenvalue weighted by atomic mass is 31.2. The van der Waals surface area contributed by atoms with E-state index in [1.165, 1.54) is 167 Å². The van der Waals surface area contributed by atoms with Crippen LogP contribution in [-0.4, -0.2) is 96.7 Å². The average Bonchev–Trinajstić information content (AvgIpc) is 3.70. The van der Waals surface area contributed by atoms with Crippen LogP contribution in [-0.2, 0) is 65.4 Å². The first kappa shape index (κ1) is 86.1. The number of phosphoric ester groups is 2. The molecule has 0 saturated carbocycles. The molecule has 0 aliphatic carbocycles. The molecule has 5 atom stereocenters. The number of rotatable bonds is 70.